The summed E-state index contributed by atoms with van der Waals surface area (Å²) in [4.78, 5) is 26.2. The third kappa shape index (κ3) is 6.56. The fourth-order valence-electron chi connectivity index (χ4n) is 3.47. The number of aliphatic hydroxyl groups is 1. The topological polar surface area (TPSA) is 118 Å². The molecule has 1 saturated heterocycles. The largest absolute Gasteiger partial charge is 0.490 e. The summed E-state index contributed by atoms with van der Waals surface area (Å²) in [6.45, 7) is 0.507. The van der Waals surface area contributed by atoms with Crippen molar-refractivity contribution in [3.63, 3.8) is 0 Å². The van der Waals surface area contributed by atoms with Gasteiger partial charge in [0.15, 0.2) is 0 Å². The molecular weight excluding hydrogens is 517 g/mol. The van der Waals surface area contributed by atoms with Gasteiger partial charge in [0, 0.05) is 28.5 Å². The van der Waals surface area contributed by atoms with E-state index in [0.29, 0.717) is 29.8 Å². The lowest BCUT2D eigenvalue weighted by molar-refractivity contribution is -0.192. The molecule has 3 aromatic rings. The number of alkyl halides is 3. The third-order valence-electron chi connectivity index (χ3n) is 5.57. The van der Waals surface area contributed by atoms with E-state index in [2.05, 4.69) is 10.3 Å². The summed E-state index contributed by atoms with van der Waals surface area (Å²) in [5.41, 5.74) is 3.24. The van der Waals surface area contributed by atoms with Crippen molar-refractivity contribution in [2.75, 3.05) is 25.6 Å². The van der Waals surface area contributed by atoms with Gasteiger partial charge >= 0.3 is 12.1 Å². The van der Waals surface area contributed by atoms with Crippen LogP contribution in [0.25, 0.3) is 11.1 Å². The number of carbonyl (C=O) groups is 2. The van der Waals surface area contributed by atoms with Crippen molar-refractivity contribution in [1.82, 2.24) is 4.98 Å². The zero-order valence-corrected chi connectivity index (χ0v) is 20.1. The highest BCUT2D eigenvalue weighted by Gasteiger charge is 2.47. The lowest BCUT2D eigenvalue weighted by Crippen LogP contribution is -2.55. The van der Waals surface area contributed by atoms with E-state index >= 15 is 0 Å². The molecule has 0 radical (unpaired) electrons. The number of amides is 1. The molecule has 12 heteroatoms. The lowest BCUT2D eigenvalue weighted by atomic mass is 9.77. The fraction of sp³-hybridized carbons (Fsp3) is 0.240. The SMILES string of the molecule is COc1cc(CO)c(-c2ccc(C3(C(=O)Nc4ccc(Cl)cc4)COC3)cc2)cn1.O=C(O)C(F)(F)F. The second kappa shape index (κ2) is 11.6. The number of halogens is 4. The molecule has 0 bridgehead atoms. The number of pyridine rings is 1. The van der Waals surface area contributed by atoms with Crippen molar-refractivity contribution in [3.8, 4) is 17.0 Å². The number of aliphatic carboxylic acids is 1. The number of hydrogen-bond acceptors (Lipinski definition) is 6. The van der Waals surface area contributed by atoms with E-state index in [1.54, 1.807) is 36.5 Å². The second-order valence-corrected chi connectivity index (χ2v) is 8.39. The van der Waals surface area contributed by atoms with E-state index in [0.717, 1.165) is 22.3 Å². The predicted molar refractivity (Wildman–Crippen MR) is 128 cm³/mol. The number of rotatable bonds is 6. The number of aromatic nitrogens is 1. The van der Waals surface area contributed by atoms with Crippen LogP contribution in [0.1, 0.15) is 11.1 Å². The zero-order valence-electron chi connectivity index (χ0n) is 19.4. The molecule has 3 N–H and O–H groups in total. The summed E-state index contributed by atoms with van der Waals surface area (Å²) in [6, 6.07) is 16.4. The Balaban J connectivity index is 0.000000479. The monoisotopic (exact) mass is 538 g/mol. The molecule has 1 aliphatic heterocycles. The number of benzene rings is 2. The molecule has 1 aromatic heterocycles. The number of carboxylic acid groups (broad SMARTS) is 1. The second-order valence-electron chi connectivity index (χ2n) is 7.96. The van der Waals surface area contributed by atoms with Gasteiger partial charge in [-0.15, -0.1) is 0 Å². The Morgan fingerprint density at radius 2 is 1.73 bits per heavy atom. The molecule has 0 saturated carbocycles. The number of ether oxygens (including phenoxy) is 2. The molecule has 1 aliphatic rings. The Morgan fingerprint density at radius 3 is 2.19 bits per heavy atom. The third-order valence-corrected chi connectivity index (χ3v) is 5.82. The highest BCUT2D eigenvalue weighted by molar-refractivity contribution is 6.30. The highest BCUT2D eigenvalue weighted by Crippen LogP contribution is 2.36. The van der Waals surface area contributed by atoms with Crippen LogP contribution >= 0.6 is 11.6 Å². The van der Waals surface area contributed by atoms with Gasteiger partial charge in [0.2, 0.25) is 11.8 Å². The van der Waals surface area contributed by atoms with Crippen LogP contribution in [0.3, 0.4) is 0 Å². The van der Waals surface area contributed by atoms with Gasteiger partial charge in [0.25, 0.3) is 0 Å². The minimum Gasteiger partial charge on any atom is -0.481 e. The highest BCUT2D eigenvalue weighted by atomic mass is 35.5. The predicted octanol–water partition coefficient (Wildman–Crippen LogP) is 4.44. The number of aliphatic hydroxyl groups excluding tert-OH is 1. The maximum atomic E-state index is 13.0. The normalized spacial score (nSPS) is 14.0. The van der Waals surface area contributed by atoms with Crippen molar-refractivity contribution in [3.05, 3.63) is 76.9 Å². The van der Waals surface area contributed by atoms with E-state index < -0.39 is 17.6 Å². The molecule has 0 spiro atoms. The molecule has 1 fully saturated rings. The first-order valence-electron chi connectivity index (χ1n) is 10.7. The molecule has 2 heterocycles. The van der Waals surface area contributed by atoms with Crippen LogP contribution in [0.5, 0.6) is 5.88 Å². The lowest BCUT2D eigenvalue weighted by Gasteiger charge is -2.40. The molecule has 0 atom stereocenters. The van der Waals surface area contributed by atoms with E-state index in [1.165, 1.54) is 7.11 Å². The van der Waals surface area contributed by atoms with Crippen LogP contribution in [0.15, 0.2) is 60.8 Å². The quantitative estimate of drug-likeness (QED) is 0.424. The minimum absolute atomic E-state index is 0.119. The molecule has 2 aromatic carbocycles. The Bertz CT molecular complexity index is 1250. The molecule has 37 heavy (non-hydrogen) atoms. The van der Waals surface area contributed by atoms with Gasteiger partial charge in [0.1, 0.15) is 5.41 Å². The minimum atomic E-state index is -5.08. The van der Waals surface area contributed by atoms with Crippen LogP contribution in [-0.4, -0.2) is 53.6 Å². The van der Waals surface area contributed by atoms with Crippen LogP contribution in [0.2, 0.25) is 5.02 Å². The van der Waals surface area contributed by atoms with Gasteiger partial charge in [-0.05, 0) is 41.0 Å². The van der Waals surface area contributed by atoms with Gasteiger partial charge in [-0.3, -0.25) is 4.79 Å². The molecule has 1 amide bonds. The summed E-state index contributed by atoms with van der Waals surface area (Å²) in [5, 5.41) is 20.4. The number of methoxy groups -OCH3 is 1. The van der Waals surface area contributed by atoms with Crippen LogP contribution in [0.4, 0.5) is 18.9 Å². The van der Waals surface area contributed by atoms with E-state index in [1.807, 2.05) is 24.3 Å². The van der Waals surface area contributed by atoms with Crippen LogP contribution in [0, 0.1) is 0 Å². The Labute approximate surface area is 214 Å². The smallest absolute Gasteiger partial charge is 0.481 e. The number of carboxylic acids is 1. The zero-order chi connectivity index (χ0) is 27.2. The van der Waals surface area contributed by atoms with Crippen molar-refractivity contribution in [2.24, 2.45) is 0 Å². The number of anilines is 1. The van der Waals surface area contributed by atoms with Gasteiger partial charge in [-0.2, -0.15) is 13.2 Å². The molecule has 0 aliphatic carbocycles. The van der Waals surface area contributed by atoms with E-state index in [-0.39, 0.29) is 12.5 Å². The average molecular weight is 539 g/mol. The Kier molecular flexibility index (Phi) is 8.74. The van der Waals surface area contributed by atoms with Crippen LogP contribution in [-0.2, 0) is 26.3 Å². The Hall–Kier alpha value is -3.67. The van der Waals surface area contributed by atoms with E-state index in [9.17, 15) is 23.1 Å². The van der Waals surface area contributed by atoms with Gasteiger partial charge < -0.3 is 25.0 Å². The van der Waals surface area contributed by atoms with E-state index in [4.69, 9.17) is 31.0 Å². The summed E-state index contributed by atoms with van der Waals surface area (Å²) in [7, 11) is 1.53. The van der Waals surface area contributed by atoms with Crippen molar-refractivity contribution in [1.29, 1.82) is 0 Å². The van der Waals surface area contributed by atoms with Crippen molar-refractivity contribution in [2.45, 2.75) is 18.2 Å². The number of nitrogens with one attached hydrogen (secondary N) is 1. The molecule has 196 valence electrons. The molecular formula is C25H22ClF3N2O6. The fourth-order valence-corrected chi connectivity index (χ4v) is 3.59. The summed E-state index contributed by atoms with van der Waals surface area (Å²) in [6.07, 6.45) is -3.41. The van der Waals surface area contributed by atoms with Crippen LogP contribution < -0.4 is 10.1 Å². The number of nitrogens with zero attached hydrogens (tertiary/aromatic N) is 1. The summed E-state index contributed by atoms with van der Waals surface area (Å²) < 4.78 is 42.3. The average Bonchev–Trinajstić information content (AvgIpc) is 2.84. The first-order valence-corrected chi connectivity index (χ1v) is 11.1. The number of hydrogen-bond donors (Lipinski definition) is 3. The molecule has 4 rings (SSSR count). The van der Waals surface area contributed by atoms with Crippen molar-refractivity contribution >= 4 is 29.2 Å². The molecule has 0 unspecified atom stereocenters. The summed E-state index contributed by atoms with van der Waals surface area (Å²) in [5.74, 6) is -2.43. The van der Waals surface area contributed by atoms with Gasteiger partial charge in [-0.25, -0.2) is 9.78 Å². The molecule has 8 nitrogen and oxygen atoms in total. The van der Waals surface area contributed by atoms with Gasteiger partial charge in [-0.1, -0.05) is 35.9 Å². The maximum absolute atomic E-state index is 13.0. The first-order chi connectivity index (χ1) is 17.5. The summed E-state index contributed by atoms with van der Waals surface area (Å²) >= 11 is 5.92. The maximum Gasteiger partial charge on any atom is 0.490 e. The van der Waals surface area contributed by atoms with Crippen molar-refractivity contribution < 1.29 is 42.4 Å². The first kappa shape index (κ1) is 27.9. The number of carbonyl (C=O) groups excluding carboxylic acids is 1. The standard InChI is InChI=1S/C23H21ClN2O4.C2HF3O2/c1-29-21-10-16(12-27)20(11-25-21)15-2-4-17(5-3-15)23(13-30-14-23)22(28)26-19-8-6-18(24)7-9-19;3-2(4,5)1(6)7/h2-11,27H,12-14H2,1H3,(H,26,28);(H,6,7). The Morgan fingerprint density at radius 1 is 1.14 bits per heavy atom. The van der Waals surface area contributed by atoms with Gasteiger partial charge in [0.05, 0.1) is 26.9 Å².